The number of hydrogen-bond donors (Lipinski definition) is 3. The van der Waals surface area contributed by atoms with Gasteiger partial charge in [0.15, 0.2) is 0 Å². The summed E-state index contributed by atoms with van der Waals surface area (Å²) in [6.45, 7) is 2.43. The van der Waals surface area contributed by atoms with E-state index in [1.807, 2.05) is 12.1 Å². The molecule has 0 radical (unpaired) electrons. The molecule has 33 heavy (non-hydrogen) atoms. The molecule has 7 nitrogen and oxygen atoms in total. The Morgan fingerprint density at radius 2 is 1.85 bits per heavy atom. The third kappa shape index (κ3) is 7.52. The van der Waals surface area contributed by atoms with Crippen molar-refractivity contribution in [1.29, 1.82) is 0 Å². The lowest BCUT2D eigenvalue weighted by Gasteiger charge is -2.18. The maximum Gasteiger partial charge on any atom is 0.253 e. The Morgan fingerprint density at radius 1 is 1.12 bits per heavy atom. The van der Waals surface area contributed by atoms with E-state index in [0.29, 0.717) is 23.8 Å². The standard InChI is InChI=1S/C24H33FN4O3S/c1-17-8-9-19(15-22(17)28-33(3,31)32)24(30)29(2)14-6-4-5-7-21-16-23(27-26-21)18-10-12-20(25)13-11-18/h8-13,15,21,23,26-28H,4-7,14,16H2,1-3H3. The van der Waals surface area contributed by atoms with Crippen molar-refractivity contribution in [2.45, 2.75) is 51.1 Å². The fourth-order valence-electron chi connectivity index (χ4n) is 4.03. The van der Waals surface area contributed by atoms with Crippen molar-refractivity contribution in [3.63, 3.8) is 0 Å². The minimum absolute atomic E-state index is 0.129. The number of rotatable bonds is 10. The van der Waals surface area contributed by atoms with E-state index in [9.17, 15) is 17.6 Å². The molecular formula is C24H33FN4O3S. The number of unbranched alkanes of at least 4 members (excludes halogenated alkanes) is 2. The molecule has 180 valence electrons. The molecule has 2 aromatic rings. The normalized spacial score (nSPS) is 18.3. The Labute approximate surface area is 195 Å². The quantitative estimate of drug-likeness (QED) is 0.455. The number of carbonyl (C=O) groups is 1. The molecule has 3 rings (SSSR count). The number of carbonyl (C=O) groups excluding carboxylic acids is 1. The first-order chi connectivity index (χ1) is 15.6. The fourth-order valence-corrected chi connectivity index (χ4v) is 4.65. The van der Waals surface area contributed by atoms with Crippen LogP contribution in [0.3, 0.4) is 0 Å². The lowest BCUT2D eigenvalue weighted by molar-refractivity contribution is 0.0792. The van der Waals surface area contributed by atoms with Crippen LogP contribution in [0.2, 0.25) is 0 Å². The molecule has 1 heterocycles. The predicted octanol–water partition coefficient (Wildman–Crippen LogP) is 3.75. The molecule has 0 spiro atoms. The first-order valence-electron chi connectivity index (χ1n) is 11.2. The Hall–Kier alpha value is -2.49. The summed E-state index contributed by atoms with van der Waals surface area (Å²) in [5.41, 5.74) is 9.34. The van der Waals surface area contributed by atoms with Gasteiger partial charge in [-0.1, -0.05) is 31.0 Å². The first-order valence-corrected chi connectivity index (χ1v) is 13.1. The molecule has 2 unspecified atom stereocenters. The molecule has 1 aliphatic heterocycles. The number of benzene rings is 2. The molecule has 1 saturated heterocycles. The highest BCUT2D eigenvalue weighted by Crippen LogP contribution is 2.25. The van der Waals surface area contributed by atoms with Crippen LogP contribution in [-0.4, -0.2) is 45.1 Å². The summed E-state index contributed by atoms with van der Waals surface area (Å²) in [4.78, 5) is 14.4. The maximum atomic E-state index is 13.1. The van der Waals surface area contributed by atoms with Gasteiger partial charge in [-0.25, -0.2) is 12.8 Å². The Morgan fingerprint density at radius 3 is 2.55 bits per heavy atom. The number of nitrogens with one attached hydrogen (secondary N) is 3. The van der Waals surface area contributed by atoms with Crippen molar-refractivity contribution >= 4 is 21.6 Å². The van der Waals surface area contributed by atoms with Gasteiger partial charge < -0.3 is 4.90 Å². The Kier molecular flexibility index (Phi) is 8.45. The highest BCUT2D eigenvalue weighted by molar-refractivity contribution is 7.92. The largest absolute Gasteiger partial charge is 0.342 e. The topological polar surface area (TPSA) is 90.5 Å². The molecule has 0 bridgehead atoms. The molecule has 2 aromatic carbocycles. The number of halogens is 1. The molecule has 9 heteroatoms. The summed E-state index contributed by atoms with van der Waals surface area (Å²) in [6, 6.07) is 12.2. The van der Waals surface area contributed by atoms with Gasteiger partial charge in [-0.15, -0.1) is 0 Å². The van der Waals surface area contributed by atoms with Gasteiger partial charge in [-0.2, -0.15) is 0 Å². The zero-order valence-electron chi connectivity index (χ0n) is 19.4. The second kappa shape index (κ2) is 11.1. The van der Waals surface area contributed by atoms with Crippen molar-refractivity contribution in [3.05, 3.63) is 65.0 Å². The number of hydrogen-bond acceptors (Lipinski definition) is 5. The van der Waals surface area contributed by atoms with Crippen LogP contribution in [0.15, 0.2) is 42.5 Å². The van der Waals surface area contributed by atoms with Crippen LogP contribution in [0.5, 0.6) is 0 Å². The lowest BCUT2D eigenvalue weighted by atomic mass is 9.99. The smallest absolute Gasteiger partial charge is 0.253 e. The van der Waals surface area contributed by atoms with Gasteiger partial charge in [0.05, 0.1) is 11.9 Å². The van der Waals surface area contributed by atoms with Crippen LogP contribution < -0.4 is 15.6 Å². The van der Waals surface area contributed by atoms with Crippen molar-refractivity contribution in [3.8, 4) is 0 Å². The van der Waals surface area contributed by atoms with E-state index < -0.39 is 10.0 Å². The Bertz CT molecular complexity index is 1060. The van der Waals surface area contributed by atoms with Crippen molar-refractivity contribution in [1.82, 2.24) is 15.8 Å². The van der Waals surface area contributed by atoms with E-state index in [-0.39, 0.29) is 17.8 Å². The summed E-state index contributed by atoms with van der Waals surface area (Å²) in [7, 11) is -1.65. The van der Waals surface area contributed by atoms with Gasteiger partial charge in [0, 0.05) is 31.2 Å². The summed E-state index contributed by atoms with van der Waals surface area (Å²) < 4.78 is 38.6. The number of sulfonamides is 1. The van der Waals surface area contributed by atoms with Gasteiger partial charge in [0.2, 0.25) is 10.0 Å². The van der Waals surface area contributed by atoms with E-state index >= 15 is 0 Å². The molecule has 1 amide bonds. The molecule has 0 saturated carbocycles. The van der Waals surface area contributed by atoms with Crippen LogP contribution in [0.1, 0.15) is 59.6 Å². The third-order valence-corrected chi connectivity index (χ3v) is 6.52. The molecular weight excluding hydrogens is 443 g/mol. The number of nitrogens with zero attached hydrogens (tertiary/aromatic N) is 1. The van der Waals surface area contributed by atoms with Crippen LogP contribution in [0.4, 0.5) is 10.1 Å². The second-order valence-corrected chi connectivity index (χ2v) is 10.6. The van der Waals surface area contributed by atoms with Crippen molar-refractivity contribution in [2.75, 3.05) is 24.6 Å². The van der Waals surface area contributed by atoms with Gasteiger partial charge in [-0.05, 0) is 61.6 Å². The molecule has 3 N–H and O–H groups in total. The third-order valence-electron chi connectivity index (χ3n) is 5.93. The predicted molar refractivity (Wildman–Crippen MR) is 129 cm³/mol. The number of anilines is 1. The molecule has 1 fully saturated rings. The van der Waals surface area contributed by atoms with Gasteiger partial charge in [-0.3, -0.25) is 20.4 Å². The highest BCUT2D eigenvalue weighted by Gasteiger charge is 2.24. The number of aryl methyl sites for hydroxylation is 1. The zero-order chi connectivity index (χ0) is 24.0. The minimum atomic E-state index is -3.41. The highest BCUT2D eigenvalue weighted by atomic mass is 32.2. The van der Waals surface area contributed by atoms with Gasteiger partial charge in [0.1, 0.15) is 5.82 Å². The van der Waals surface area contributed by atoms with Gasteiger partial charge in [0.25, 0.3) is 5.91 Å². The summed E-state index contributed by atoms with van der Waals surface area (Å²) in [6.07, 6.45) is 6.02. The fraction of sp³-hybridized carbons (Fsp3) is 0.458. The summed E-state index contributed by atoms with van der Waals surface area (Å²) in [5, 5.41) is 0. The minimum Gasteiger partial charge on any atom is -0.342 e. The number of amides is 1. The van der Waals surface area contributed by atoms with Crippen molar-refractivity contribution in [2.24, 2.45) is 0 Å². The zero-order valence-corrected chi connectivity index (χ0v) is 20.2. The average molecular weight is 477 g/mol. The molecule has 2 atom stereocenters. The Balaban J connectivity index is 1.39. The summed E-state index contributed by atoms with van der Waals surface area (Å²) >= 11 is 0. The number of hydrazine groups is 1. The van der Waals surface area contributed by atoms with E-state index in [4.69, 9.17) is 0 Å². The monoisotopic (exact) mass is 476 g/mol. The van der Waals surface area contributed by atoms with E-state index in [1.165, 1.54) is 12.1 Å². The summed E-state index contributed by atoms with van der Waals surface area (Å²) in [5.74, 6) is -0.353. The van der Waals surface area contributed by atoms with E-state index in [0.717, 1.165) is 49.5 Å². The second-order valence-electron chi connectivity index (χ2n) is 8.81. The average Bonchev–Trinajstić information content (AvgIpc) is 3.23. The van der Waals surface area contributed by atoms with E-state index in [1.54, 1.807) is 37.1 Å². The van der Waals surface area contributed by atoms with Crippen LogP contribution in [0.25, 0.3) is 0 Å². The lowest BCUT2D eigenvalue weighted by Crippen LogP contribution is -2.30. The molecule has 1 aliphatic rings. The van der Waals surface area contributed by atoms with Crippen LogP contribution >= 0.6 is 0 Å². The maximum absolute atomic E-state index is 13.1. The van der Waals surface area contributed by atoms with Gasteiger partial charge >= 0.3 is 0 Å². The van der Waals surface area contributed by atoms with Crippen molar-refractivity contribution < 1.29 is 17.6 Å². The van der Waals surface area contributed by atoms with E-state index in [2.05, 4.69) is 15.6 Å². The first kappa shape index (κ1) is 25.1. The SMILES string of the molecule is Cc1ccc(C(=O)N(C)CCCCCC2CC(c3ccc(F)cc3)NN2)cc1NS(C)(=O)=O. The molecule has 0 aromatic heterocycles. The van der Waals surface area contributed by atoms with Crippen LogP contribution in [-0.2, 0) is 10.0 Å². The van der Waals surface area contributed by atoms with Crippen LogP contribution in [0, 0.1) is 12.7 Å². The molecule has 0 aliphatic carbocycles.